The first kappa shape index (κ1) is 14.1. The van der Waals surface area contributed by atoms with Crippen LogP contribution < -0.4 is 9.80 Å². The molecule has 1 fully saturated rings. The number of anilines is 2. The first-order chi connectivity index (χ1) is 9.08. The van der Waals surface area contributed by atoms with Crippen molar-refractivity contribution in [3.8, 4) is 0 Å². The summed E-state index contributed by atoms with van der Waals surface area (Å²) >= 11 is 0. The Morgan fingerprint density at radius 3 is 2.95 bits per heavy atom. The van der Waals surface area contributed by atoms with E-state index >= 15 is 0 Å². The van der Waals surface area contributed by atoms with Crippen molar-refractivity contribution in [2.45, 2.75) is 38.7 Å². The summed E-state index contributed by atoms with van der Waals surface area (Å²) in [5.41, 5.74) is -0.589. The molecule has 19 heavy (non-hydrogen) atoms. The van der Waals surface area contributed by atoms with Gasteiger partial charge in [0.2, 0.25) is 5.95 Å². The van der Waals surface area contributed by atoms with Gasteiger partial charge in [-0.3, -0.25) is 0 Å². The fourth-order valence-corrected chi connectivity index (χ4v) is 2.44. The number of hydrogen-bond acceptors (Lipinski definition) is 5. The molecule has 0 saturated carbocycles. The molecule has 1 aromatic heterocycles. The third kappa shape index (κ3) is 3.15. The molecule has 2 rings (SSSR count). The van der Waals surface area contributed by atoms with Crippen LogP contribution in [0.15, 0.2) is 12.3 Å². The van der Waals surface area contributed by atoms with Crippen LogP contribution in [-0.4, -0.2) is 47.4 Å². The molecule has 0 aliphatic carbocycles. The third-order valence-corrected chi connectivity index (χ3v) is 3.99. The fraction of sp³-hybridized carbons (Fsp3) is 0.714. The van der Waals surface area contributed by atoms with E-state index in [1.54, 1.807) is 6.20 Å². The summed E-state index contributed by atoms with van der Waals surface area (Å²) in [5, 5.41) is 10.4. The molecule has 1 saturated heterocycles. The number of β-amino-alcohol motifs (C(OH)–C–C–N with tert-alkyl or cyclic N) is 1. The van der Waals surface area contributed by atoms with E-state index in [1.807, 2.05) is 20.0 Å². The smallest absolute Gasteiger partial charge is 0.227 e. The maximum absolute atomic E-state index is 10.4. The second-order valence-electron chi connectivity index (χ2n) is 5.33. The highest BCUT2D eigenvalue weighted by molar-refractivity contribution is 5.43. The van der Waals surface area contributed by atoms with Gasteiger partial charge in [-0.05, 0) is 32.3 Å². The van der Waals surface area contributed by atoms with Gasteiger partial charge in [-0.15, -0.1) is 0 Å². The van der Waals surface area contributed by atoms with Crippen molar-refractivity contribution in [1.82, 2.24) is 9.97 Å². The fourth-order valence-electron chi connectivity index (χ4n) is 2.44. The normalized spacial score (nSPS) is 23.5. The first-order valence-electron chi connectivity index (χ1n) is 7.09. The molecule has 1 aliphatic rings. The summed E-state index contributed by atoms with van der Waals surface area (Å²) in [6.07, 6.45) is 4.43. The number of hydrogen-bond donors (Lipinski definition) is 1. The molecule has 0 aromatic carbocycles. The lowest BCUT2D eigenvalue weighted by Crippen LogP contribution is -2.48. The molecule has 1 aliphatic heterocycles. The Hall–Kier alpha value is -1.36. The molecule has 0 bridgehead atoms. The van der Waals surface area contributed by atoms with Crippen molar-refractivity contribution in [3.63, 3.8) is 0 Å². The average Bonchev–Trinajstić information content (AvgIpc) is 2.46. The Kier molecular flexibility index (Phi) is 4.24. The van der Waals surface area contributed by atoms with E-state index in [0.717, 1.165) is 44.1 Å². The van der Waals surface area contributed by atoms with Crippen molar-refractivity contribution in [1.29, 1.82) is 0 Å². The predicted molar refractivity (Wildman–Crippen MR) is 77.7 cm³/mol. The molecule has 1 N–H and O–H groups in total. The molecule has 1 aromatic rings. The average molecular weight is 264 g/mol. The molecule has 1 atom stereocenters. The number of rotatable bonds is 4. The zero-order valence-electron chi connectivity index (χ0n) is 12.1. The van der Waals surface area contributed by atoms with Crippen LogP contribution >= 0.6 is 0 Å². The number of piperidine rings is 1. The molecular weight excluding hydrogens is 240 g/mol. The second kappa shape index (κ2) is 5.74. The van der Waals surface area contributed by atoms with Gasteiger partial charge < -0.3 is 14.9 Å². The van der Waals surface area contributed by atoms with Gasteiger partial charge in [0.25, 0.3) is 0 Å². The molecule has 2 heterocycles. The Balaban J connectivity index is 2.17. The lowest BCUT2D eigenvalue weighted by Gasteiger charge is -2.38. The summed E-state index contributed by atoms with van der Waals surface area (Å²) in [5.74, 6) is 1.66. The summed E-state index contributed by atoms with van der Waals surface area (Å²) < 4.78 is 0. The number of nitrogens with zero attached hydrogens (tertiary/aromatic N) is 4. The van der Waals surface area contributed by atoms with Gasteiger partial charge in [-0.25, -0.2) is 4.98 Å². The summed E-state index contributed by atoms with van der Waals surface area (Å²) in [6.45, 7) is 6.59. The summed E-state index contributed by atoms with van der Waals surface area (Å²) in [6, 6.07) is 1.92. The molecule has 106 valence electrons. The van der Waals surface area contributed by atoms with Gasteiger partial charge >= 0.3 is 0 Å². The first-order valence-corrected chi connectivity index (χ1v) is 7.09. The van der Waals surface area contributed by atoms with Crippen molar-refractivity contribution in [2.75, 3.05) is 36.5 Å². The Labute approximate surface area is 115 Å². The van der Waals surface area contributed by atoms with Crippen LogP contribution in [0.3, 0.4) is 0 Å². The van der Waals surface area contributed by atoms with Crippen LogP contribution in [0.5, 0.6) is 0 Å². The molecule has 0 amide bonds. The molecule has 5 nitrogen and oxygen atoms in total. The van der Waals surface area contributed by atoms with Crippen LogP contribution in [0, 0.1) is 0 Å². The zero-order valence-corrected chi connectivity index (χ0v) is 12.1. The largest absolute Gasteiger partial charge is 0.388 e. The van der Waals surface area contributed by atoms with E-state index in [0.29, 0.717) is 6.54 Å². The van der Waals surface area contributed by atoms with E-state index < -0.39 is 5.60 Å². The van der Waals surface area contributed by atoms with Gasteiger partial charge in [0.15, 0.2) is 0 Å². The SMILES string of the molecule is CCN(C)c1ccnc(N2CCCC(O)(CC)C2)n1. The molecule has 1 unspecified atom stereocenters. The van der Waals surface area contributed by atoms with E-state index in [1.165, 1.54) is 0 Å². The number of aromatic nitrogens is 2. The lowest BCUT2D eigenvalue weighted by molar-refractivity contribution is 0.0219. The van der Waals surface area contributed by atoms with Gasteiger partial charge in [-0.1, -0.05) is 6.92 Å². The zero-order chi connectivity index (χ0) is 13.9. The molecular formula is C14H24N4O. The highest BCUT2D eigenvalue weighted by Crippen LogP contribution is 2.26. The minimum absolute atomic E-state index is 0.589. The standard InChI is InChI=1S/C14H24N4O/c1-4-14(19)8-6-10-18(11-14)13-15-9-7-12(16-13)17(3)5-2/h7,9,19H,4-6,8,10-11H2,1-3H3. The van der Waals surface area contributed by atoms with Crippen LogP contribution in [0.1, 0.15) is 33.1 Å². The van der Waals surface area contributed by atoms with E-state index in [-0.39, 0.29) is 0 Å². The van der Waals surface area contributed by atoms with Crippen molar-refractivity contribution in [2.24, 2.45) is 0 Å². The van der Waals surface area contributed by atoms with Crippen LogP contribution in [-0.2, 0) is 0 Å². The van der Waals surface area contributed by atoms with Gasteiger partial charge in [0.1, 0.15) is 5.82 Å². The number of aliphatic hydroxyl groups is 1. The van der Waals surface area contributed by atoms with Crippen LogP contribution in [0.2, 0.25) is 0 Å². The van der Waals surface area contributed by atoms with Gasteiger partial charge in [0, 0.05) is 32.9 Å². The van der Waals surface area contributed by atoms with E-state index in [9.17, 15) is 5.11 Å². The highest BCUT2D eigenvalue weighted by Gasteiger charge is 2.32. The third-order valence-electron chi connectivity index (χ3n) is 3.99. The van der Waals surface area contributed by atoms with Crippen molar-refractivity contribution in [3.05, 3.63) is 12.3 Å². The van der Waals surface area contributed by atoms with Crippen LogP contribution in [0.25, 0.3) is 0 Å². The maximum atomic E-state index is 10.4. The van der Waals surface area contributed by atoms with E-state index in [4.69, 9.17) is 0 Å². The molecule has 0 radical (unpaired) electrons. The minimum atomic E-state index is -0.589. The second-order valence-corrected chi connectivity index (χ2v) is 5.33. The topological polar surface area (TPSA) is 52.5 Å². The van der Waals surface area contributed by atoms with Gasteiger partial charge in [0.05, 0.1) is 5.60 Å². The molecule has 0 spiro atoms. The Morgan fingerprint density at radius 2 is 2.26 bits per heavy atom. The maximum Gasteiger partial charge on any atom is 0.227 e. The molecule has 5 heteroatoms. The summed E-state index contributed by atoms with van der Waals surface area (Å²) in [4.78, 5) is 13.1. The van der Waals surface area contributed by atoms with Crippen molar-refractivity contribution < 1.29 is 5.11 Å². The predicted octanol–water partition coefficient (Wildman–Crippen LogP) is 1.67. The van der Waals surface area contributed by atoms with Crippen molar-refractivity contribution >= 4 is 11.8 Å². The van der Waals surface area contributed by atoms with Gasteiger partial charge in [-0.2, -0.15) is 4.98 Å². The Bertz CT molecular complexity index is 426. The summed E-state index contributed by atoms with van der Waals surface area (Å²) in [7, 11) is 2.02. The lowest BCUT2D eigenvalue weighted by atomic mass is 9.90. The van der Waals surface area contributed by atoms with E-state index in [2.05, 4.69) is 26.7 Å². The quantitative estimate of drug-likeness (QED) is 0.896. The minimum Gasteiger partial charge on any atom is -0.388 e. The highest BCUT2D eigenvalue weighted by atomic mass is 16.3. The van der Waals surface area contributed by atoms with Crippen LogP contribution in [0.4, 0.5) is 11.8 Å². The Morgan fingerprint density at radius 1 is 1.47 bits per heavy atom. The monoisotopic (exact) mass is 264 g/mol.